The van der Waals surface area contributed by atoms with E-state index in [0.717, 1.165) is 15.4 Å². The molecule has 1 atom stereocenters. The summed E-state index contributed by atoms with van der Waals surface area (Å²) in [5.41, 5.74) is 2.81. The number of anilines is 1. The zero-order valence-electron chi connectivity index (χ0n) is 24.6. The van der Waals surface area contributed by atoms with Gasteiger partial charge in [-0.2, -0.15) is 0 Å². The van der Waals surface area contributed by atoms with Gasteiger partial charge in [-0.15, -0.1) is 0 Å². The van der Waals surface area contributed by atoms with Crippen molar-refractivity contribution in [3.8, 4) is 0 Å². The van der Waals surface area contributed by atoms with E-state index in [9.17, 15) is 18.0 Å². The molecule has 0 unspecified atom stereocenters. The summed E-state index contributed by atoms with van der Waals surface area (Å²) < 4.78 is 29.2. The number of sulfonamides is 1. The Bertz CT molecular complexity index is 1670. The van der Waals surface area contributed by atoms with Crippen LogP contribution in [0.1, 0.15) is 30.0 Å². The number of benzene rings is 4. The Kier molecular flexibility index (Phi) is 11.4. The smallest absolute Gasteiger partial charge is 0.264 e. The van der Waals surface area contributed by atoms with E-state index in [0.29, 0.717) is 34.3 Å². The zero-order valence-corrected chi connectivity index (χ0v) is 26.9. The molecule has 0 aliphatic heterocycles. The van der Waals surface area contributed by atoms with E-state index in [1.165, 1.54) is 29.2 Å². The highest BCUT2D eigenvalue weighted by molar-refractivity contribution is 7.92. The standard InChI is InChI=1S/C34H35Cl2N3O4S/c1-3-20-37-34(41)32(22-26-8-5-4-6-9-26)38(23-27-10-7-11-29(36)21-27)33(40)24-39(30-16-12-25(2)13-17-30)44(42,43)31-18-14-28(35)15-19-31/h4-19,21,32H,3,20,22-24H2,1-2H3,(H,37,41)/t32-/m1/s1. The molecule has 0 bridgehead atoms. The first-order chi connectivity index (χ1) is 21.1. The Morgan fingerprint density at radius 1 is 0.818 bits per heavy atom. The van der Waals surface area contributed by atoms with Gasteiger partial charge >= 0.3 is 0 Å². The molecule has 0 aliphatic carbocycles. The van der Waals surface area contributed by atoms with Crippen LogP contribution in [0.2, 0.25) is 10.0 Å². The predicted octanol–water partition coefficient (Wildman–Crippen LogP) is 6.66. The number of halogens is 2. The van der Waals surface area contributed by atoms with Crippen LogP contribution < -0.4 is 9.62 Å². The van der Waals surface area contributed by atoms with E-state index in [2.05, 4.69) is 5.32 Å². The fourth-order valence-corrected chi connectivity index (χ4v) is 6.48. The minimum absolute atomic E-state index is 0.0156. The predicted molar refractivity (Wildman–Crippen MR) is 176 cm³/mol. The van der Waals surface area contributed by atoms with Crippen molar-refractivity contribution in [3.05, 3.63) is 130 Å². The maximum Gasteiger partial charge on any atom is 0.264 e. The van der Waals surface area contributed by atoms with Gasteiger partial charge in [0.15, 0.2) is 0 Å². The van der Waals surface area contributed by atoms with Crippen molar-refractivity contribution in [2.24, 2.45) is 0 Å². The number of hydrogen-bond acceptors (Lipinski definition) is 4. The first-order valence-electron chi connectivity index (χ1n) is 14.3. The monoisotopic (exact) mass is 651 g/mol. The second-order valence-corrected chi connectivity index (χ2v) is 13.2. The SMILES string of the molecule is CCCNC(=O)[C@@H](Cc1ccccc1)N(Cc1cccc(Cl)c1)C(=O)CN(c1ccc(C)cc1)S(=O)(=O)c1ccc(Cl)cc1. The average Bonchev–Trinajstić information content (AvgIpc) is 3.01. The number of hydrogen-bond donors (Lipinski definition) is 1. The molecule has 0 saturated carbocycles. The van der Waals surface area contributed by atoms with Crippen LogP contribution in [-0.2, 0) is 32.6 Å². The lowest BCUT2D eigenvalue weighted by Crippen LogP contribution is -2.53. The largest absolute Gasteiger partial charge is 0.354 e. The Hall–Kier alpha value is -3.85. The molecule has 230 valence electrons. The van der Waals surface area contributed by atoms with Crippen LogP contribution >= 0.6 is 23.2 Å². The number of aryl methyl sites for hydroxylation is 1. The maximum atomic E-state index is 14.4. The highest BCUT2D eigenvalue weighted by atomic mass is 35.5. The van der Waals surface area contributed by atoms with Gasteiger partial charge in [0.05, 0.1) is 10.6 Å². The normalized spacial score (nSPS) is 11.9. The first kappa shape index (κ1) is 33.1. The topological polar surface area (TPSA) is 86.8 Å². The second kappa shape index (κ2) is 15.2. The zero-order chi connectivity index (χ0) is 31.7. The highest BCUT2D eigenvalue weighted by Gasteiger charge is 2.34. The number of rotatable bonds is 13. The van der Waals surface area contributed by atoms with Gasteiger partial charge in [-0.3, -0.25) is 13.9 Å². The molecule has 1 N–H and O–H groups in total. The van der Waals surface area contributed by atoms with E-state index in [1.807, 2.05) is 50.2 Å². The molecule has 0 aromatic heterocycles. The molecule has 0 radical (unpaired) electrons. The molecule has 2 amide bonds. The summed E-state index contributed by atoms with van der Waals surface area (Å²) in [5.74, 6) is -0.871. The van der Waals surface area contributed by atoms with Crippen molar-refractivity contribution in [1.82, 2.24) is 10.2 Å². The molecule has 4 aromatic rings. The summed E-state index contributed by atoms with van der Waals surface area (Å²) >= 11 is 12.3. The molecule has 44 heavy (non-hydrogen) atoms. The fourth-order valence-electron chi connectivity index (χ4n) is 4.73. The number of amides is 2. The Morgan fingerprint density at radius 2 is 1.48 bits per heavy atom. The van der Waals surface area contributed by atoms with E-state index >= 15 is 0 Å². The van der Waals surface area contributed by atoms with Crippen LogP contribution in [0, 0.1) is 6.92 Å². The molecule has 7 nitrogen and oxygen atoms in total. The van der Waals surface area contributed by atoms with Gasteiger partial charge in [-0.1, -0.05) is 90.3 Å². The van der Waals surface area contributed by atoms with Gasteiger partial charge < -0.3 is 10.2 Å². The van der Waals surface area contributed by atoms with Crippen molar-refractivity contribution in [3.63, 3.8) is 0 Å². The molecule has 0 heterocycles. The molecule has 0 spiro atoms. The van der Waals surface area contributed by atoms with E-state index < -0.39 is 28.5 Å². The third kappa shape index (κ3) is 8.62. The molecule has 10 heteroatoms. The van der Waals surface area contributed by atoms with Crippen LogP contribution in [0.5, 0.6) is 0 Å². The summed E-state index contributed by atoms with van der Waals surface area (Å²) in [6.45, 7) is 3.77. The molecule has 0 fully saturated rings. The van der Waals surface area contributed by atoms with Gasteiger partial charge in [0.25, 0.3) is 10.0 Å². The Morgan fingerprint density at radius 3 is 2.11 bits per heavy atom. The van der Waals surface area contributed by atoms with Crippen LogP contribution in [0.15, 0.2) is 108 Å². The molecule has 4 rings (SSSR count). The lowest BCUT2D eigenvalue weighted by molar-refractivity contribution is -0.140. The van der Waals surface area contributed by atoms with Gasteiger partial charge in [0.1, 0.15) is 12.6 Å². The quantitative estimate of drug-likeness (QED) is 0.175. The number of carbonyl (C=O) groups is 2. The van der Waals surface area contributed by atoms with E-state index in [1.54, 1.807) is 42.5 Å². The first-order valence-corrected chi connectivity index (χ1v) is 16.5. The Labute approximate surface area is 269 Å². The molecule has 0 saturated heterocycles. The second-order valence-electron chi connectivity index (χ2n) is 10.4. The number of nitrogens with zero attached hydrogens (tertiary/aromatic N) is 2. The minimum atomic E-state index is -4.21. The van der Waals surface area contributed by atoms with E-state index in [-0.39, 0.29) is 23.8 Å². The summed E-state index contributed by atoms with van der Waals surface area (Å²) in [4.78, 5) is 29.5. The molecular formula is C34H35Cl2N3O4S. The van der Waals surface area contributed by atoms with Gasteiger partial charge in [0.2, 0.25) is 11.8 Å². The summed E-state index contributed by atoms with van der Waals surface area (Å²) in [6.07, 6.45) is 0.948. The summed E-state index contributed by atoms with van der Waals surface area (Å²) in [7, 11) is -4.21. The van der Waals surface area contributed by atoms with Crippen molar-refractivity contribution in [1.29, 1.82) is 0 Å². The maximum absolute atomic E-state index is 14.4. The van der Waals surface area contributed by atoms with Crippen LogP contribution in [0.3, 0.4) is 0 Å². The van der Waals surface area contributed by atoms with Gasteiger partial charge in [-0.25, -0.2) is 8.42 Å². The molecule has 0 aliphatic rings. The van der Waals surface area contributed by atoms with Crippen LogP contribution in [0.25, 0.3) is 0 Å². The van der Waals surface area contributed by atoms with Crippen LogP contribution in [0.4, 0.5) is 5.69 Å². The third-order valence-corrected chi connectivity index (χ3v) is 9.34. The Balaban J connectivity index is 1.79. The highest BCUT2D eigenvalue weighted by Crippen LogP contribution is 2.26. The third-order valence-electron chi connectivity index (χ3n) is 7.06. The number of nitrogens with one attached hydrogen (secondary N) is 1. The molecular weight excluding hydrogens is 617 g/mol. The minimum Gasteiger partial charge on any atom is -0.354 e. The van der Waals surface area contributed by atoms with Crippen molar-refractivity contribution < 1.29 is 18.0 Å². The lowest BCUT2D eigenvalue weighted by atomic mass is 10.0. The number of carbonyl (C=O) groups excluding carboxylic acids is 2. The van der Waals surface area contributed by atoms with Gasteiger partial charge in [0, 0.05) is 29.6 Å². The summed E-state index contributed by atoms with van der Waals surface area (Å²) in [5, 5.41) is 3.80. The van der Waals surface area contributed by atoms with Crippen LogP contribution in [-0.4, -0.2) is 44.3 Å². The van der Waals surface area contributed by atoms with E-state index in [4.69, 9.17) is 23.2 Å². The van der Waals surface area contributed by atoms with Crippen molar-refractivity contribution >= 4 is 50.7 Å². The lowest BCUT2D eigenvalue weighted by Gasteiger charge is -2.34. The molecule has 4 aromatic carbocycles. The van der Waals surface area contributed by atoms with Crippen molar-refractivity contribution in [2.45, 2.75) is 44.2 Å². The van der Waals surface area contributed by atoms with Gasteiger partial charge in [-0.05, 0) is 73.0 Å². The fraction of sp³-hybridized carbons (Fsp3) is 0.235. The van der Waals surface area contributed by atoms with Crippen molar-refractivity contribution in [2.75, 3.05) is 17.4 Å². The summed E-state index contributed by atoms with van der Waals surface area (Å²) in [6, 6.07) is 28.2. The average molecular weight is 653 g/mol.